The highest BCUT2D eigenvalue weighted by Gasteiger charge is 2.33. The Kier molecular flexibility index (Phi) is 18.5. The number of amides is 6. The first kappa shape index (κ1) is 57.3. The van der Waals surface area contributed by atoms with Crippen LogP contribution in [0.15, 0.2) is 64.8 Å². The van der Waals surface area contributed by atoms with Crippen LogP contribution in [0.4, 0.5) is 10.6 Å². The molecule has 0 saturated carbocycles. The largest absolute Gasteiger partial charge is 0.449 e. The fourth-order valence-electron chi connectivity index (χ4n) is 8.01. The average Bonchev–Trinajstić information content (AvgIpc) is 4.37. The molecular weight excluding hydrogens is 1150 g/mol. The maximum Gasteiger partial charge on any atom is 0.412 e. The number of hydrogen-bond acceptors (Lipinski definition) is 23. The molecule has 8 heterocycles. The molecule has 0 spiro atoms. The smallest absolute Gasteiger partial charge is 0.412 e. The highest BCUT2D eigenvalue weighted by molar-refractivity contribution is 7.19. The lowest BCUT2D eigenvalue weighted by molar-refractivity contribution is -0.122. The fourth-order valence-corrected chi connectivity index (χ4v) is 13.6. The van der Waals surface area contributed by atoms with Crippen molar-refractivity contribution in [3.8, 4) is 42.5 Å². The third kappa shape index (κ3) is 13.3. The van der Waals surface area contributed by atoms with Gasteiger partial charge >= 0.3 is 6.09 Å². The molecule has 4 atom stereocenters. The number of thiazole rings is 6. The number of ether oxygens (including phenoxy) is 2. The molecule has 1 aromatic carbocycles. The molecule has 8 aromatic rings. The van der Waals surface area contributed by atoms with E-state index in [0.717, 1.165) is 11.3 Å². The van der Waals surface area contributed by atoms with Crippen molar-refractivity contribution in [3.63, 3.8) is 0 Å². The quantitative estimate of drug-likeness (QED) is 0.0559. The zero-order valence-corrected chi connectivity index (χ0v) is 48.1. The number of aliphatic hydroxyl groups excluding tert-OH is 2. The summed E-state index contributed by atoms with van der Waals surface area (Å²) in [6.45, 7) is 4.85. The molecule has 416 valence electrons. The number of rotatable bonds is 12. The van der Waals surface area contributed by atoms with Crippen LogP contribution in [-0.2, 0) is 25.7 Å². The second kappa shape index (κ2) is 25.8. The van der Waals surface area contributed by atoms with Crippen LogP contribution < -0.4 is 31.9 Å². The molecule has 0 aliphatic carbocycles. The lowest BCUT2D eigenvalue weighted by atomic mass is 10.0. The van der Waals surface area contributed by atoms with Gasteiger partial charge in [-0.25, -0.2) is 39.7 Å². The van der Waals surface area contributed by atoms with Gasteiger partial charge in [0.05, 0.1) is 59.4 Å². The number of carbonyl (C=O) groups excluding carboxylic acids is 6. The van der Waals surface area contributed by atoms with Crippen molar-refractivity contribution in [2.75, 3.05) is 39.2 Å². The Morgan fingerprint density at radius 3 is 2.30 bits per heavy atom. The van der Waals surface area contributed by atoms with Gasteiger partial charge < -0.3 is 46.3 Å². The molecule has 10 bridgehead atoms. The van der Waals surface area contributed by atoms with Gasteiger partial charge in [-0.05, 0) is 30.5 Å². The number of nitrogens with one attached hydrogen (secondary N) is 6. The Balaban J connectivity index is 1.12. The lowest BCUT2D eigenvalue weighted by Gasteiger charge is -2.23. The summed E-state index contributed by atoms with van der Waals surface area (Å²) in [5.41, 5.74) is 2.38. The van der Waals surface area contributed by atoms with E-state index in [1.165, 1.54) is 70.8 Å². The Morgan fingerprint density at radius 1 is 0.762 bits per heavy atom. The molecule has 80 heavy (non-hydrogen) atoms. The monoisotopic (exact) mass is 1200 g/mol. The van der Waals surface area contributed by atoms with E-state index in [-0.39, 0.29) is 61.5 Å². The van der Waals surface area contributed by atoms with E-state index in [9.17, 15) is 33.9 Å². The van der Waals surface area contributed by atoms with Crippen molar-refractivity contribution in [1.29, 1.82) is 0 Å². The summed E-state index contributed by atoms with van der Waals surface area (Å²) in [5, 5.41) is 44.9. The van der Waals surface area contributed by atoms with Crippen molar-refractivity contribution in [3.05, 3.63) is 112 Å². The van der Waals surface area contributed by atoms with Crippen LogP contribution >= 0.6 is 68.0 Å². The van der Waals surface area contributed by atoms with E-state index in [4.69, 9.17) is 34.5 Å². The lowest BCUT2D eigenvalue weighted by Crippen LogP contribution is -2.40. The van der Waals surface area contributed by atoms with E-state index in [0.29, 0.717) is 72.9 Å². The standard InChI is InChI=1S/C51H51N13O10S6/c1-23(2)36-50-64-39(32(80-50)19-73-5)43(70)53-18-35(67)61-40(41(68)25-10-7-6-8-11-25)49-58-30(21-76-49)46-54-17-31(79-46)38-26(12-13-27(55-38)47-59-33(22-77-47)60-51(72)74-15-9-14-65)45-57-29(20-75-45)42(69)56-28(16-34(66)52-4)48-63-37(24(3)78-48)44(71)62-36/h6-8,10-13,17,20-23,28,36,40-41,65,68H,9,14-16,18-19H2,1-5H3,(H,52,66)(H,53,70)(H,56,69)(H,60,72)(H,61,67)(H,62,71)/t28-,36-,40-,41-/m0/s1. The molecule has 7 aromatic heterocycles. The summed E-state index contributed by atoms with van der Waals surface area (Å²) >= 11 is 7.15. The SMILES string of the molecule is CNC(=O)C[C@@H]1NC(=O)c2csc(n2)-c2ccc(-c3nc(NC(=O)OCCCO)cs3)nc2-c2cnc(s2)-c2csc(n2)[C@H]([C@@H](O)c2ccccc2)NC(=O)CNC(=O)c2nc(sc2COC)[C@H](C(C)C)NC(=O)c2nc1sc2C. The van der Waals surface area contributed by atoms with Gasteiger partial charge in [0.1, 0.15) is 70.8 Å². The third-order valence-corrected chi connectivity index (χ3v) is 17.9. The molecule has 6 amide bonds. The van der Waals surface area contributed by atoms with Crippen LogP contribution in [-0.4, -0.2) is 115 Å². The molecule has 29 heteroatoms. The minimum atomic E-state index is -1.27. The Hall–Kier alpha value is -7.35. The van der Waals surface area contributed by atoms with Crippen LogP contribution in [0.2, 0.25) is 0 Å². The molecule has 9 rings (SSSR count). The average molecular weight is 1200 g/mol. The van der Waals surface area contributed by atoms with Crippen molar-refractivity contribution < 1.29 is 48.5 Å². The Bertz CT molecular complexity index is 3550. The summed E-state index contributed by atoms with van der Waals surface area (Å²) < 4.78 is 10.5. The number of pyridine rings is 1. The van der Waals surface area contributed by atoms with Crippen LogP contribution in [0.3, 0.4) is 0 Å². The number of methoxy groups -OCH3 is 1. The highest BCUT2D eigenvalue weighted by Crippen LogP contribution is 2.41. The maximum atomic E-state index is 14.2. The van der Waals surface area contributed by atoms with Crippen molar-refractivity contribution in [2.45, 2.75) is 64.4 Å². The highest BCUT2D eigenvalue weighted by atomic mass is 32.1. The van der Waals surface area contributed by atoms with Crippen LogP contribution in [0.5, 0.6) is 0 Å². The van der Waals surface area contributed by atoms with E-state index < -0.39 is 66.4 Å². The van der Waals surface area contributed by atoms with Crippen molar-refractivity contribution in [2.24, 2.45) is 5.92 Å². The van der Waals surface area contributed by atoms with Crippen LogP contribution in [0.25, 0.3) is 42.5 Å². The summed E-state index contributed by atoms with van der Waals surface area (Å²) in [4.78, 5) is 117. The molecule has 0 unspecified atom stereocenters. The predicted molar refractivity (Wildman–Crippen MR) is 304 cm³/mol. The number of anilines is 1. The van der Waals surface area contributed by atoms with Gasteiger partial charge in [-0.15, -0.1) is 68.0 Å². The van der Waals surface area contributed by atoms with E-state index in [1.807, 2.05) is 13.8 Å². The normalized spacial score (nSPS) is 16.5. The molecule has 23 nitrogen and oxygen atoms in total. The number of aromatic nitrogens is 7. The first-order valence-corrected chi connectivity index (χ1v) is 29.7. The molecule has 0 saturated heterocycles. The first-order chi connectivity index (χ1) is 38.6. The van der Waals surface area contributed by atoms with Gasteiger partial charge in [0.25, 0.3) is 17.7 Å². The van der Waals surface area contributed by atoms with Crippen LogP contribution in [0.1, 0.15) is 113 Å². The number of hydrogen-bond donors (Lipinski definition) is 8. The summed E-state index contributed by atoms with van der Waals surface area (Å²) in [6.07, 6.45) is -0.332. The maximum absolute atomic E-state index is 14.2. The molecule has 0 radical (unpaired) electrons. The number of aliphatic hydroxyl groups is 2. The van der Waals surface area contributed by atoms with Crippen molar-refractivity contribution in [1.82, 2.24) is 61.5 Å². The summed E-state index contributed by atoms with van der Waals surface area (Å²) in [7, 11) is 2.94. The van der Waals surface area contributed by atoms with Gasteiger partial charge in [-0.3, -0.25) is 29.3 Å². The zero-order valence-electron chi connectivity index (χ0n) is 43.2. The number of carbonyl (C=O) groups is 6. The van der Waals surface area contributed by atoms with Gasteiger partial charge in [0.2, 0.25) is 11.8 Å². The summed E-state index contributed by atoms with van der Waals surface area (Å²) in [6, 6.07) is 9.49. The molecule has 8 N–H and O–H groups in total. The second-order valence-electron chi connectivity index (χ2n) is 18.0. The number of nitrogens with zero attached hydrogens (tertiary/aromatic N) is 7. The number of fused-ring (bicyclic) bond motifs is 14. The van der Waals surface area contributed by atoms with Crippen molar-refractivity contribution >= 4 is 109 Å². The minimum absolute atomic E-state index is 0.00193. The van der Waals surface area contributed by atoms with Crippen LogP contribution in [0, 0.1) is 12.8 Å². The van der Waals surface area contributed by atoms with Gasteiger partial charge in [0.15, 0.2) is 0 Å². The minimum Gasteiger partial charge on any atom is -0.449 e. The Morgan fingerprint density at radius 2 is 1.54 bits per heavy atom. The van der Waals surface area contributed by atoms with E-state index in [1.54, 1.807) is 71.7 Å². The van der Waals surface area contributed by atoms with Gasteiger partial charge in [-0.2, -0.15) is 0 Å². The topological polar surface area (TPSA) is 324 Å². The first-order valence-electron chi connectivity index (χ1n) is 24.6. The molecule has 1 aliphatic rings. The second-order valence-corrected chi connectivity index (χ2v) is 24.0. The third-order valence-electron chi connectivity index (χ3n) is 12.0. The molecular formula is C51H51N13O10S6. The number of aryl methyl sites for hydroxylation is 1. The molecule has 1 aliphatic heterocycles. The van der Waals surface area contributed by atoms with Gasteiger partial charge in [-0.1, -0.05) is 44.2 Å². The van der Waals surface area contributed by atoms with Gasteiger partial charge in [0, 0.05) is 60.0 Å². The fraction of sp³-hybridized carbons (Fsp3) is 0.314. The van der Waals surface area contributed by atoms with E-state index in [2.05, 4.69) is 46.9 Å². The zero-order chi connectivity index (χ0) is 56.6. The summed E-state index contributed by atoms with van der Waals surface area (Å²) in [5.74, 6) is -2.90. The number of benzene rings is 1. The Labute approximate surface area is 480 Å². The predicted octanol–water partition coefficient (Wildman–Crippen LogP) is 7.24. The van der Waals surface area contributed by atoms with E-state index >= 15 is 0 Å². The molecule has 0 fully saturated rings.